The van der Waals surface area contributed by atoms with E-state index in [1.54, 1.807) is 0 Å². The summed E-state index contributed by atoms with van der Waals surface area (Å²) in [7, 11) is 0. The van der Waals surface area contributed by atoms with Crippen LogP contribution in [0, 0.1) is 6.92 Å². The number of hydrogen-bond acceptors (Lipinski definition) is 1. The predicted octanol–water partition coefficient (Wildman–Crippen LogP) is 13.1. The lowest BCUT2D eigenvalue weighted by Gasteiger charge is -2.17. The second-order valence-corrected chi connectivity index (χ2v) is 12.6. The fraction of sp³-hybridized carbons (Fsp3) is 0.838. The summed E-state index contributed by atoms with van der Waals surface area (Å²) in [5.74, 6) is 1.06. The lowest BCUT2D eigenvalue weighted by Crippen LogP contribution is -1.99. The average molecular weight is 529 g/mol. The molecule has 38 heavy (non-hydrogen) atoms. The smallest absolute Gasteiger partial charge is 0.122 e. The molecule has 0 fully saturated rings. The van der Waals surface area contributed by atoms with Crippen LogP contribution in [0.15, 0.2) is 12.1 Å². The highest BCUT2D eigenvalue weighted by Gasteiger charge is 2.14. The van der Waals surface area contributed by atoms with Crippen molar-refractivity contribution in [3.63, 3.8) is 0 Å². The molecule has 0 aliphatic carbocycles. The molecular formula is C37H68O. The molecule has 0 saturated heterocycles. The molecule has 0 aliphatic heterocycles. The molecule has 0 bridgehead atoms. The van der Waals surface area contributed by atoms with E-state index in [0.717, 1.165) is 6.42 Å². The maximum Gasteiger partial charge on any atom is 0.122 e. The molecule has 1 N–H and O–H groups in total. The van der Waals surface area contributed by atoms with Crippen LogP contribution in [0.5, 0.6) is 5.75 Å². The first-order valence-corrected chi connectivity index (χ1v) is 17.4. The third kappa shape index (κ3) is 18.3. The van der Waals surface area contributed by atoms with Gasteiger partial charge in [-0.25, -0.2) is 0 Å². The van der Waals surface area contributed by atoms with Crippen molar-refractivity contribution < 1.29 is 5.11 Å². The molecule has 222 valence electrons. The van der Waals surface area contributed by atoms with Gasteiger partial charge >= 0.3 is 0 Å². The van der Waals surface area contributed by atoms with Crippen LogP contribution in [0.3, 0.4) is 0 Å². The van der Waals surface area contributed by atoms with Gasteiger partial charge in [0.2, 0.25) is 0 Å². The fourth-order valence-corrected chi connectivity index (χ4v) is 6.05. The molecule has 0 aliphatic rings. The van der Waals surface area contributed by atoms with Crippen molar-refractivity contribution in [2.45, 2.75) is 201 Å². The second-order valence-electron chi connectivity index (χ2n) is 12.6. The Morgan fingerprint density at radius 2 is 0.895 bits per heavy atom. The summed E-state index contributed by atoms with van der Waals surface area (Å²) >= 11 is 0. The summed E-state index contributed by atoms with van der Waals surface area (Å²) in [5.41, 5.74) is 3.70. The summed E-state index contributed by atoms with van der Waals surface area (Å²) in [6, 6.07) is 4.47. The number of aryl methyl sites for hydroxylation is 2. The van der Waals surface area contributed by atoms with Crippen molar-refractivity contribution in [3.8, 4) is 5.75 Å². The number of phenols is 1. The lowest BCUT2D eigenvalue weighted by atomic mass is 9.89. The zero-order valence-corrected chi connectivity index (χ0v) is 26.6. The first-order chi connectivity index (χ1) is 18.6. The third-order valence-corrected chi connectivity index (χ3v) is 8.68. The highest BCUT2D eigenvalue weighted by Crippen LogP contribution is 2.34. The first-order valence-electron chi connectivity index (χ1n) is 17.4. The van der Waals surface area contributed by atoms with Crippen LogP contribution in [0.25, 0.3) is 0 Å². The molecular weight excluding hydrogens is 460 g/mol. The lowest BCUT2D eigenvalue weighted by molar-refractivity contribution is 0.448. The molecule has 0 aromatic heterocycles. The molecule has 1 unspecified atom stereocenters. The van der Waals surface area contributed by atoms with Gasteiger partial charge in [0.1, 0.15) is 5.75 Å². The van der Waals surface area contributed by atoms with E-state index in [2.05, 4.69) is 39.8 Å². The number of unbranched alkanes of at least 4 members (excludes halogenated alkanes) is 22. The molecule has 0 radical (unpaired) electrons. The van der Waals surface area contributed by atoms with Gasteiger partial charge in [-0.15, -0.1) is 0 Å². The van der Waals surface area contributed by atoms with E-state index < -0.39 is 0 Å². The molecule has 1 atom stereocenters. The van der Waals surface area contributed by atoms with Gasteiger partial charge in [0.15, 0.2) is 0 Å². The summed E-state index contributed by atoms with van der Waals surface area (Å²) in [5, 5.41) is 11.0. The van der Waals surface area contributed by atoms with E-state index in [1.165, 1.54) is 177 Å². The zero-order valence-electron chi connectivity index (χ0n) is 26.6. The SMILES string of the molecule is CCCCCCCCCCCCCCCCC(C)c1cc(C)cc(CCCCCCCCCCCC)c1O. The standard InChI is InChI=1S/C37H68O/c1-5-7-9-11-13-15-17-18-19-20-21-23-25-27-29-34(4)36-32-33(3)31-35(37(36)38)30-28-26-24-22-16-14-12-10-8-6-2/h31-32,34,38H,5-30H2,1-4H3. The van der Waals surface area contributed by atoms with Gasteiger partial charge in [0, 0.05) is 0 Å². The number of aromatic hydroxyl groups is 1. The summed E-state index contributed by atoms with van der Waals surface area (Å²) in [6.07, 6.45) is 35.6. The van der Waals surface area contributed by atoms with E-state index >= 15 is 0 Å². The Morgan fingerprint density at radius 3 is 1.32 bits per heavy atom. The third-order valence-electron chi connectivity index (χ3n) is 8.68. The van der Waals surface area contributed by atoms with Crippen molar-refractivity contribution in [2.75, 3.05) is 0 Å². The number of phenolic OH excluding ortho intramolecular Hbond substituents is 1. The quantitative estimate of drug-likeness (QED) is 0.113. The van der Waals surface area contributed by atoms with Gasteiger partial charge in [0.25, 0.3) is 0 Å². The monoisotopic (exact) mass is 529 g/mol. The van der Waals surface area contributed by atoms with Crippen LogP contribution in [0.4, 0.5) is 0 Å². The van der Waals surface area contributed by atoms with Gasteiger partial charge < -0.3 is 5.11 Å². The first kappa shape index (κ1) is 35.0. The zero-order chi connectivity index (χ0) is 27.7. The van der Waals surface area contributed by atoms with Crippen LogP contribution in [-0.2, 0) is 6.42 Å². The van der Waals surface area contributed by atoms with Crippen LogP contribution in [0.2, 0.25) is 0 Å². The van der Waals surface area contributed by atoms with Gasteiger partial charge in [0.05, 0.1) is 0 Å². The Labute approximate surface area is 240 Å². The van der Waals surface area contributed by atoms with Crippen LogP contribution in [-0.4, -0.2) is 5.11 Å². The maximum absolute atomic E-state index is 11.0. The molecule has 1 heteroatoms. The van der Waals surface area contributed by atoms with Crippen molar-refractivity contribution >= 4 is 0 Å². The Kier molecular flexibility index (Phi) is 23.1. The van der Waals surface area contributed by atoms with Crippen LogP contribution >= 0.6 is 0 Å². The van der Waals surface area contributed by atoms with Crippen molar-refractivity contribution in [2.24, 2.45) is 0 Å². The van der Waals surface area contributed by atoms with Crippen molar-refractivity contribution in [3.05, 3.63) is 28.8 Å². The second kappa shape index (κ2) is 25.0. The minimum absolute atomic E-state index is 0.457. The highest BCUT2D eigenvalue weighted by molar-refractivity contribution is 5.45. The largest absolute Gasteiger partial charge is 0.507 e. The molecule has 1 rings (SSSR count). The Morgan fingerprint density at radius 1 is 0.526 bits per heavy atom. The van der Waals surface area contributed by atoms with E-state index in [0.29, 0.717) is 11.7 Å². The molecule has 0 heterocycles. The van der Waals surface area contributed by atoms with Crippen molar-refractivity contribution in [1.29, 1.82) is 0 Å². The number of hydrogen-bond donors (Lipinski definition) is 1. The normalized spacial score (nSPS) is 12.3. The van der Waals surface area contributed by atoms with Crippen molar-refractivity contribution in [1.82, 2.24) is 0 Å². The average Bonchev–Trinajstić information content (AvgIpc) is 2.91. The van der Waals surface area contributed by atoms with E-state index in [9.17, 15) is 5.11 Å². The summed E-state index contributed by atoms with van der Waals surface area (Å²) in [4.78, 5) is 0. The molecule has 1 aromatic rings. The molecule has 1 aromatic carbocycles. The maximum atomic E-state index is 11.0. The van der Waals surface area contributed by atoms with E-state index in [-0.39, 0.29) is 0 Å². The number of benzene rings is 1. The summed E-state index contributed by atoms with van der Waals surface area (Å²) < 4.78 is 0. The van der Waals surface area contributed by atoms with Gasteiger partial charge in [-0.1, -0.05) is 186 Å². The predicted molar refractivity (Wildman–Crippen MR) is 172 cm³/mol. The molecule has 0 amide bonds. The Bertz CT molecular complexity index is 648. The van der Waals surface area contributed by atoms with Gasteiger partial charge in [-0.3, -0.25) is 0 Å². The highest BCUT2D eigenvalue weighted by atomic mass is 16.3. The molecule has 0 spiro atoms. The Balaban J connectivity index is 2.14. The van der Waals surface area contributed by atoms with Crippen LogP contribution in [0.1, 0.15) is 204 Å². The Hall–Kier alpha value is -0.980. The topological polar surface area (TPSA) is 20.2 Å². The fourth-order valence-electron chi connectivity index (χ4n) is 6.05. The van der Waals surface area contributed by atoms with Crippen LogP contribution < -0.4 is 0 Å². The van der Waals surface area contributed by atoms with E-state index in [1.807, 2.05) is 0 Å². The van der Waals surface area contributed by atoms with Gasteiger partial charge in [-0.05, 0) is 43.2 Å². The minimum Gasteiger partial charge on any atom is -0.507 e. The van der Waals surface area contributed by atoms with E-state index in [4.69, 9.17) is 0 Å². The number of rotatable bonds is 27. The minimum atomic E-state index is 0.457. The molecule has 1 nitrogen and oxygen atoms in total. The molecule has 0 saturated carbocycles. The van der Waals surface area contributed by atoms with Gasteiger partial charge in [-0.2, -0.15) is 0 Å². The summed E-state index contributed by atoms with van der Waals surface area (Å²) in [6.45, 7) is 9.10.